The molecule has 0 saturated carbocycles. The Kier molecular flexibility index (Phi) is 4.35. The summed E-state index contributed by atoms with van der Waals surface area (Å²) in [4.78, 5) is 20.3. The van der Waals surface area contributed by atoms with Crippen LogP contribution in [0.5, 0.6) is 5.88 Å². The summed E-state index contributed by atoms with van der Waals surface area (Å²) in [5.41, 5.74) is 0.480. The van der Waals surface area contributed by atoms with Crippen molar-refractivity contribution < 1.29 is 9.53 Å². The fourth-order valence-electron chi connectivity index (χ4n) is 1.99. The van der Waals surface area contributed by atoms with Gasteiger partial charge in [0.2, 0.25) is 5.88 Å². The highest BCUT2D eigenvalue weighted by atomic mass is 32.2. The molecule has 3 rings (SSSR count). The maximum atomic E-state index is 12.0. The molecular formula is C15H15N3O2S. The van der Waals surface area contributed by atoms with E-state index in [0.717, 1.165) is 17.9 Å². The maximum Gasteiger partial charge on any atom is 0.258 e. The Labute approximate surface area is 127 Å². The number of rotatable bonds is 4. The van der Waals surface area contributed by atoms with Crippen molar-refractivity contribution in [3.8, 4) is 5.88 Å². The van der Waals surface area contributed by atoms with Crippen molar-refractivity contribution >= 4 is 23.5 Å². The van der Waals surface area contributed by atoms with Crippen LogP contribution in [-0.2, 0) is 0 Å². The van der Waals surface area contributed by atoms with Crippen LogP contribution in [0.4, 0.5) is 5.82 Å². The third-order valence-electron chi connectivity index (χ3n) is 3.08. The number of pyridine rings is 2. The van der Waals surface area contributed by atoms with Gasteiger partial charge in [0.25, 0.3) is 5.91 Å². The first-order chi connectivity index (χ1) is 10.3. The van der Waals surface area contributed by atoms with Crippen molar-refractivity contribution in [3.05, 3.63) is 48.3 Å². The van der Waals surface area contributed by atoms with Gasteiger partial charge in [-0.05, 0) is 30.4 Å². The summed E-state index contributed by atoms with van der Waals surface area (Å²) in [6.45, 7) is 0. The van der Waals surface area contributed by atoms with Crippen LogP contribution in [0, 0.1) is 0 Å². The number of thioether (sulfide) groups is 1. The summed E-state index contributed by atoms with van der Waals surface area (Å²) in [7, 11) is 0. The number of nitrogens with zero attached hydrogens (tertiary/aromatic N) is 2. The molecule has 5 nitrogen and oxygen atoms in total. The first-order valence-electron chi connectivity index (χ1n) is 6.74. The van der Waals surface area contributed by atoms with Gasteiger partial charge in [0, 0.05) is 24.2 Å². The lowest BCUT2D eigenvalue weighted by atomic mass is 10.2. The predicted molar refractivity (Wildman–Crippen MR) is 82.8 cm³/mol. The fourth-order valence-corrected chi connectivity index (χ4v) is 3.08. The van der Waals surface area contributed by atoms with Gasteiger partial charge in [-0.15, -0.1) is 0 Å². The van der Waals surface area contributed by atoms with Gasteiger partial charge < -0.3 is 10.1 Å². The molecule has 2 aromatic heterocycles. The van der Waals surface area contributed by atoms with Crippen molar-refractivity contribution in [2.75, 3.05) is 16.8 Å². The summed E-state index contributed by atoms with van der Waals surface area (Å²) in [5, 5.41) is 2.72. The molecule has 1 unspecified atom stereocenters. The fraction of sp³-hybridized carbons (Fsp3) is 0.267. The van der Waals surface area contributed by atoms with Crippen molar-refractivity contribution in [1.82, 2.24) is 9.97 Å². The number of carbonyl (C=O) groups excluding carboxylic acids is 1. The standard InChI is InChI=1S/C15H15N3O2S/c19-15(18-13-3-1-2-7-16-13)11-4-5-14(17-9-11)20-12-6-8-21-10-12/h1-5,7,9,12H,6,8,10H2,(H,16,18,19). The van der Waals surface area contributed by atoms with Gasteiger partial charge in [0.15, 0.2) is 0 Å². The molecule has 1 amide bonds. The first kappa shape index (κ1) is 13.9. The van der Waals surface area contributed by atoms with Gasteiger partial charge >= 0.3 is 0 Å². The molecule has 0 aromatic carbocycles. The number of ether oxygens (including phenoxy) is 1. The molecule has 2 aromatic rings. The van der Waals surface area contributed by atoms with Crippen molar-refractivity contribution in [2.24, 2.45) is 0 Å². The van der Waals surface area contributed by atoms with E-state index in [-0.39, 0.29) is 12.0 Å². The lowest BCUT2D eigenvalue weighted by Gasteiger charge is -2.11. The molecular weight excluding hydrogens is 286 g/mol. The first-order valence-corrected chi connectivity index (χ1v) is 7.89. The zero-order valence-electron chi connectivity index (χ0n) is 11.4. The number of carbonyl (C=O) groups is 1. The second kappa shape index (κ2) is 6.58. The minimum absolute atomic E-state index is 0.232. The molecule has 1 fully saturated rings. The second-order valence-electron chi connectivity index (χ2n) is 4.66. The topological polar surface area (TPSA) is 64.1 Å². The number of amides is 1. The summed E-state index contributed by atoms with van der Waals surface area (Å²) in [5.74, 6) is 2.99. The summed E-state index contributed by atoms with van der Waals surface area (Å²) in [6, 6.07) is 8.79. The molecule has 0 spiro atoms. The second-order valence-corrected chi connectivity index (χ2v) is 5.81. The lowest BCUT2D eigenvalue weighted by Crippen LogP contribution is -2.16. The number of aromatic nitrogens is 2. The molecule has 108 valence electrons. The molecule has 0 bridgehead atoms. The maximum absolute atomic E-state index is 12.0. The molecule has 1 N–H and O–H groups in total. The highest BCUT2D eigenvalue weighted by molar-refractivity contribution is 7.99. The largest absolute Gasteiger partial charge is 0.473 e. The van der Waals surface area contributed by atoms with E-state index in [1.54, 1.807) is 30.5 Å². The molecule has 1 aliphatic rings. The zero-order valence-corrected chi connectivity index (χ0v) is 12.2. The SMILES string of the molecule is O=C(Nc1ccccn1)c1ccc(OC2CCSC2)nc1. The number of hydrogen-bond donors (Lipinski definition) is 1. The van der Waals surface area contributed by atoms with E-state index in [0.29, 0.717) is 17.3 Å². The Morgan fingerprint density at radius 2 is 2.24 bits per heavy atom. The Morgan fingerprint density at radius 1 is 1.29 bits per heavy atom. The van der Waals surface area contributed by atoms with E-state index in [1.165, 1.54) is 6.20 Å². The highest BCUT2D eigenvalue weighted by Gasteiger charge is 2.17. The average Bonchev–Trinajstić information content (AvgIpc) is 3.02. The van der Waals surface area contributed by atoms with Crippen LogP contribution in [0.25, 0.3) is 0 Å². The van der Waals surface area contributed by atoms with E-state index in [9.17, 15) is 4.79 Å². The molecule has 1 atom stereocenters. The van der Waals surface area contributed by atoms with Crippen molar-refractivity contribution in [1.29, 1.82) is 0 Å². The van der Waals surface area contributed by atoms with Gasteiger partial charge in [-0.1, -0.05) is 6.07 Å². The molecule has 1 saturated heterocycles. The summed E-state index contributed by atoms with van der Waals surface area (Å²) >= 11 is 1.89. The van der Waals surface area contributed by atoms with Gasteiger partial charge in [-0.3, -0.25) is 4.79 Å². The Bertz CT molecular complexity index is 598. The Morgan fingerprint density at radius 3 is 2.90 bits per heavy atom. The Balaban J connectivity index is 1.62. The number of anilines is 1. The Hall–Kier alpha value is -2.08. The van der Waals surface area contributed by atoms with Crippen molar-refractivity contribution in [2.45, 2.75) is 12.5 Å². The third-order valence-corrected chi connectivity index (χ3v) is 4.21. The molecule has 0 aliphatic carbocycles. The van der Waals surface area contributed by atoms with E-state index in [2.05, 4.69) is 15.3 Å². The van der Waals surface area contributed by atoms with Gasteiger partial charge in [0.05, 0.1) is 5.56 Å². The third kappa shape index (κ3) is 3.72. The van der Waals surface area contributed by atoms with Crippen LogP contribution in [0.2, 0.25) is 0 Å². The quantitative estimate of drug-likeness (QED) is 0.940. The van der Waals surface area contributed by atoms with Crippen LogP contribution < -0.4 is 10.1 Å². The number of nitrogens with one attached hydrogen (secondary N) is 1. The zero-order chi connectivity index (χ0) is 14.5. The van der Waals surface area contributed by atoms with Crippen LogP contribution in [-0.4, -0.2) is 33.5 Å². The average molecular weight is 301 g/mol. The number of hydrogen-bond acceptors (Lipinski definition) is 5. The van der Waals surface area contributed by atoms with Gasteiger partial charge in [0.1, 0.15) is 11.9 Å². The van der Waals surface area contributed by atoms with Gasteiger partial charge in [-0.2, -0.15) is 11.8 Å². The minimum Gasteiger partial charge on any atom is -0.473 e. The van der Waals surface area contributed by atoms with Crippen molar-refractivity contribution in [3.63, 3.8) is 0 Å². The van der Waals surface area contributed by atoms with Crippen LogP contribution in [0.1, 0.15) is 16.8 Å². The van der Waals surface area contributed by atoms with Gasteiger partial charge in [-0.25, -0.2) is 9.97 Å². The van der Waals surface area contributed by atoms with E-state index in [4.69, 9.17) is 4.74 Å². The van der Waals surface area contributed by atoms with Crippen LogP contribution in [0.3, 0.4) is 0 Å². The minimum atomic E-state index is -0.232. The highest BCUT2D eigenvalue weighted by Crippen LogP contribution is 2.22. The molecule has 0 radical (unpaired) electrons. The monoisotopic (exact) mass is 301 g/mol. The molecule has 6 heteroatoms. The van der Waals surface area contributed by atoms with E-state index < -0.39 is 0 Å². The smallest absolute Gasteiger partial charge is 0.258 e. The predicted octanol–water partition coefficient (Wildman–Crippen LogP) is 2.61. The van der Waals surface area contributed by atoms with Crippen LogP contribution >= 0.6 is 11.8 Å². The summed E-state index contributed by atoms with van der Waals surface area (Å²) in [6.07, 6.45) is 4.43. The van der Waals surface area contributed by atoms with E-state index in [1.807, 2.05) is 17.8 Å². The van der Waals surface area contributed by atoms with Crippen LogP contribution in [0.15, 0.2) is 42.7 Å². The summed E-state index contributed by atoms with van der Waals surface area (Å²) < 4.78 is 5.75. The molecule has 21 heavy (non-hydrogen) atoms. The molecule has 1 aliphatic heterocycles. The van der Waals surface area contributed by atoms with E-state index >= 15 is 0 Å². The molecule has 3 heterocycles. The normalized spacial score (nSPS) is 17.4. The lowest BCUT2D eigenvalue weighted by molar-refractivity contribution is 0.102.